The molecule has 1 aromatic rings. The van der Waals surface area contributed by atoms with Crippen LogP contribution in [0.5, 0.6) is 17.2 Å². The maximum Gasteiger partial charge on any atom is 0.169 e. The zero-order chi connectivity index (χ0) is 13.2. The molecule has 0 aliphatic carbocycles. The fourth-order valence-electron chi connectivity index (χ4n) is 2.78. The number of nitrogens with one attached hydrogen (secondary N) is 1. The normalized spacial score (nSPS) is 22.1. The Bertz CT molecular complexity index is 472. The van der Waals surface area contributed by atoms with E-state index >= 15 is 0 Å². The van der Waals surface area contributed by atoms with Gasteiger partial charge in [-0.05, 0) is 35.3 Å². The highest BCUT2D eigenvalue weighted by Gasteiger charge is 2.29. The molecule has 2 heterocycles. The fraction of sp³-hybridized carbons (Fsp3) is 0.571. The Morgan fingerprint density at radius 1 is 1.32 bits per heavy atom. The lowest BCUT2D eigenvalue weighted by molar-refractivity contribution is 0.166. The SMILES string of the molecule is COc1c(Br)cc2c(c1C1CCCCN1)OCCO2. The molecular weight excluding hydrogens is 310 g/mol. The van der Waals surface area contributed by atoms with Crippen molar-refractivity contribution in [3.05, 3.63) is 16.1 Å². The Balaban J connectivity index is 2.09. The second-order valence-corrected chi connectivity index (χ2v) is 5.69. The molecular formula is C14H18BrNO3. The van der Waals surface area contributed by atoms with E-state index in [4.69, 9.17) is 14.2 Å². The number of rotatable bonds is 2. The van der Waals surface area contributed by atoms with Crippen LogP contribution in [0.15, 0.2) is 10.5 Å². The summed E-state index contributed by atoms with van der Waals surface area (Å²) in [5.74, 6) is 2.50. The third-order valence-corrected chi connectivity index (χ3v) is 4.23. The molecule has 1 unspecified atom stereocenters. The van der Waals surface area contributed by atoms with E-state index in [-0.39, 0.29) is 6.04 Å². The quantitative estimate of drug-likeness (QED) is 0.906. The summed E-state index contributed by atoms with van der Waals surface area (Å²) in [6, 6.07) is 2.20. The molecule has 1 atom stereocenters. The molecule has 0 amide bonds. The zero-order valence-electron chi connectivity index (χ0n) is 11.0. The van der Waals surface area contributed by atoms with Crippen LogP contribution in [0.3, 0.4) is 0 Å². The molecule has 1 aromatic carbocycles. The first-order valence-electron chi connectivity index (χ1n) is 6.70. The number of hydrogen-bond acceptors (Lipinski definition) is 4. The summed E-state index contributed by atoms with van der Waals surface area (Å²) in [5, 5.41) is 3.55. The topological polar surface area (TPSA) is 39.7 Å². The van der Waals surface area contributed by atoms with Crippen molar-refractivity contribution in [1.29, 1.82) is 0 Å². The zero-order valence-corrected chi connectivity index (χ0v) is 12.6. The van der Waals surface area contributed by atoms with Crippen LogP contribution in [-0.4, -0.2) is 26.9 Å². The van der Waals surface area contributed by atoms with Gasteiger partial charge >= 0.3 is 0 Å². The molecule has 19 heavy (non-hydrogen) atoms. The minimum Gasteiger partial charge on any atom is -0.495 e. The van der Waals surface area contributed by atoms with Gasteiger partial charge < -0.3 is 19.5 Å². The molecule has 1 fully saturated rings. The molecule has 3 rings (SSSR count). The van der Waals surface area contributed by atoms with Crippen molar-refractivity contribution in [2.45, 2.75) is 25.3 Å². The van der Waals surface area contributed by atoms with Crippen LogP contribution in [0.4, 0.5) is 0 Å². The highest BCUT2D eigenvalue weighted by Crippen LogP contribution is 2.48. The number of ether oxygens (including phenoxy) is 3. The minimum atomic E-state index is 0.275. The maximum absolute atomic E-state index is 5.84. The van der Waals surface area contributed by atoms with Crippen LogP contribution in [0.1, 0.15) is 30.9 Å². The van der Waals surface area contributed by atoms with E-state index in [1.807, 2.05) is 6.07 Å². The van der Waals surface area contributed by atoms with E-state index < -0.39 is 0 Å². The molecule has 0 aromatic heterocycles. The van der Waals surface area contributed by atoms with Crippen molar-refractivity contribution in [2.24, 2.45) is 0 Å². The van der Waals surface area contributed by atoms with Crippen LogP contribution < -0.4 is 19.5 Å². The molecule has 0 radical (unpaired) electrons. The van der Waals surface area contributed by atoms with E-state index in [2.05, 4.69) is 21.2 Å². The molecule has 4 nitrogen and oxygen atoms in total. The largest absolute Gasteiger partial charge is 0.495 e. The van der Waals surface area contributed by atoms with Crippen molar-refractivity contribution >= 4 is 15.9 Å². The standard InChI is InChI=1S/C14H18BrNO3/c1-17-13-9(15)8-11-14(19-7-6-18-11)12(13)10-4-2-3-5-16-10/h8,10,16H,2-7H2,1H3. The monoisotopic (exact) mass is 327 g/mol. The van der Waals surface area contributed by atoms with Crippen LogP contribution in [-0.2, 0) is 0 Å². The van der Waals surface area contributed by atoms with E-state index in [1.165, 1.54) is 12.8 Å². The Morgan fingerprint density at radius 2 is 2.16 bits per heavy atom. The smallest absolute Gasteiger partial charge is 0.169 e. The highest BCUT2D eigenvalue weighted by atomic mass is 79.9. The molecule has 1 N–H and O–H groups in total. The van der Waals surface area contributed by atoms with Crippen molar-refractivity contribution in [2.75, 3.05) is 26.9 Å². The molecule has 1 saturated heterocycles. The van der Waals surface area contributed by atoms with Gasteiger partial charge in [0.2, 0.25) is 0 Å². The van der Waals surface area contributed by atoms with Gasteiger partial charge in [0.05, 0.1) is 17.1 Å². The second kappa shape index (κ2) is 5.59. The van der Waals surface area contributed by atoms with Crippen molar-refractivity contribution in [1.82, 2.24) is 5.32 Å². The van der Waals surface area contributed by atoms with Gasteiger partial charge in [0.15, 0.2) is 11.5 Å². The Morgan fingerprint density at radius 3 is 2.89 bits per heavy atom. The fourth-order valence-corrected chi connectivity index (χ4v) is 3.37. The number of piperidine rings is 1. The Hall–Kier alpha value is -0.940. The lowest BCUT2D eigenvalue weighted by Crippen LogP contribution is -2.28. The number of fused-ring (bicyclic) bond motifs is 1. The van der Waals surface area contributed by atoms with Gasteiger partial charge in [-0.3, -0.25) is 0 Å². The van der Waals surface area contributed by atoms with Crippen LogP contribution in [0.2, 0.25) is 0 Å². The van der Waals surface area contributed by atoms with E-state index in [1.54, 1.807) is 7.11 Å². The summed E-state index contributed by atoms with van der Waals surface area (Å²) in [6.07, 6.45) is 3.55. The summed E-state index contributed by atoms with van der Waals surface area (Å²) in [4.78, 5) is 0. The number of halogens is 1. The number of hydrogen-bond donors (Lipinski definition) is 1. The van der Waals surface area contributed by atoms with Crippen molar-refractivity contribution < 1.29 is 14.2 Å². The van der Waals surface area contributed by atoms with Gasteiger partial charge in [-0.25, -0.2) is 0 Å². The average molecular weight is 328 g/mol. The Labute approximate surface area is 121 Å². The van der Waals surface area contributed by atoms with E-state index in [0.717, 1.165) is 40.3 Å². The number of methoxy groups -OCH3 is 1. The molecule has 0 saturated carbocycles. The summed E-state index contributed by atoms with van der Waals surface area (Å²) in [7, 11) is 1.70. The molecule has 2 aliphatic heterocycles. The number of benzene rings is 1. The van der Waals surface area contributed by atoms with Gasteiger partial charge in [-0.2, -0.15) is 0 Å². The summed E-state index contributed by atoms with van der Waals surface area (Å²) in [6.45, 7) is 2.23. The van der Waals surface area contributed by atoms with Crippen LogP contribution in [0, 0.1) is 0 Å². The third kappa shape index (κ3) is 2.41. The van der Waals surface area contributed by atoms with Crippen molar-refractivity contribution in [3.8, 4) is 17.2 Å². The first-order chi connectivity index (χ1) is 9.31. The van der Waals surface area contributed by atoms with Gasteiger partial charge in [-0.1, -0.05) is 6.42 Å². The average Bonchev–Trinajstić information content (AvgIpc) is 2.46. The molecule has 2 aliphatic rings. The summed E-state index contributed by atoms with van der Waals surface area (Å²) >= 11 is 3.56. The maximum atomic E-state index is 5.84. The molecule has 0 bridgehead atoms. The first kappa shape index (κ1) is 13.1. The van der Waals surface area contributed by atoms with Gasteiger partial charge in [0.1, 0.15) is 19.0 Å². The lowest BCUT2D eigenvalue weighted by Gasteiger charge is -2.30. The molecule has 0 spiro atoms. The summed E-state index contributed by atoms with van der Waals surface area (Å²) < 4.78 is 18.0. The lowest BCUT2D eigenvalue weighted by atomic mass is 9.95. The predicted molar refractivity (Wildman–Crippen MR) is 76.3 cm³/mol. The van der Waals surface area contributed by atoms with Gasteiger partial charge in [-0.15, -0.1) is 0 Å². The second-order valence-electron chi connectivity index (χ2n) is 4.83. The highest BCUT2D eigenvalue weighted by molar-refractivity contribution is 9.10. The summed E-state index contributed by atoms with van der Waals surface area (Å²) in [5.41, 5.74) is 1.09. The van der Waals surface area contributed by atoms with E-state index in [9.17, 15) is 0 Å². The molecule has 5 heteroatoms. The first-order valence-corrected chi connectivity index (χ1v) is 7.50. The Kier molecular flexibility index (Phi) is 3.84. The molecule has 104 valence electrons. The van der Waals surface area contributed by atoms with E-state index in [0.29, 0.717) is 13.2 Å². The van der Waals surface area contributed by atoms with Crippen LogP contribution >= 0.6 is 15.9 Å². The van der Waals surface area contributed by atoms with Gasteiger partial charge in [0.25, 0.3) is 0 Å². The van der Waals surface area contributed by atoms with Crippen molar-refractivity contribution in [3.63, 3.8) is 0 Å². The van der Waals surface area contributed by atoms with Crippen LogP contribution in [0.25, 0.3) is 0 Å². The predicted octanol–water partition coefficient (Wildman–Crippen LogP) is 3.04. The third-order valence-electron chi connectivity index (χ3n) is 3.64. The van der Waals surface area contributed by atoms with Gasteiger partial charge in [0, 0.05) is 12.1 Å². The minimum absolute atomic E-state index is 0.275.